The van der Waals surface area contributed by atoms with Crippen LogP contribution in [0.5, 0.6) is 0 Å². The highest BCUT2D eigenvalue weighted by atomic mass is 19.4. The Morgan fingerprint density at radius 1 is 0.968 bits per heavy atom. The van der Waals surface area contributed by atoms with Gasteiger partial charge in [0, 0.05) is 11.4 Å². The Kier molecular flexibility index (Phi) is 5.74. The van der Waals surface area contributed by atoms with Crippen molar-refractivity contribution in [3.05, 3.63) is 76.7 Å². The minimum absolute atomic E-state index is 0.135. The second kappa shape index (κ2) is 7.87. The first-order valence-corrected chi connectivity index (χ1v) is 9.64. The number of carbonyl (C=O) groups excluding carboxylic acids is 1. The molecule has 0 N–H and O–H groups in total. The maximum Gasteiger partial charge on any atom is 0.419 e. The molecule has 0 aliphatic carbocycles. The lowest BCUT2D eigenvalue weighted by molar-refractivity contribution is -0.139. The highest BCUT2D eigenvalue weighted by molar-refractivity contribution is 5.93. The summed E-state index contributed by atoms with van der Waals surface area (Å²) in [6, 6.07) is 11.8. The number of esters is 1. The summed E-state index contributed by atoms with van der Waals surface area (Å²) in [6.45, 7) is 7.75. The zero-order valence-corrected chi connectivity index (χ0v) is 17.9. The van der Waals surface area contributed by atoms with Crippen LogP contribution in [0.1, 0.15) is 48.0 Å². The Morgan fingerprint density at radius 3 is 2.19 bits per heavy atom. The normalized spacial score (nSPS) is 12.2. The van der Waals surface area contributed by atoms with Gasteiger partial charge in [0.2, 0.25) is 0 Å². The van der Waals surface area contributed by atoms with Crippen LogP contribution in [-0.4, -0.2) is 17.6 Å². The van der Waals surface area contributed by atoms with Crippen LogP contribution < -0.4 is 0 Å². The average molecular weight is 433 g/mol. The summed E-state index contributed by atoms with van der Waals surface area (Å²) in [6.07, 6.45) is -4.85. The van der Waals surface area contributed by atoms with Gasteiger partial charge >= 0.3 is 12.1 Å². The number of benzene rings is 2. The third-order valence-corrected chi connectivity index (χ3v) is 5.17. The number of methoxy groups -OCH3 is 1. The lowest BCUT2D eigenvalue weighted by Gasteiger charge is -2.25. The van der Waals surface area contributed by atoms with Crippen molar-refractivity contribution in [1.29, 1.82) is 0 Å². The molecule has 3 nitrogen and oxygen atoms in total. The first-order chi connectivity index (χ1) is 14.4. The van der Waals surface area contributed by atoms with E-state index in [1.165, 1.54) is 19.2 Å². The predicted molar refractivity (Wildman–Crippen MR) is 111 cm³/mol. The van der Waals surface area contributed by atoms with E-state index in [1.807, 2.05) is 45.0 Å². The van der Waals surface area contributed by atoms with Crippen molar-refractivity contribution < 1.29 is 27.1 Å². The molecule has 0 aliphatic rings. The van der Waals surface area contributed by atoms with Crippen LogP contribution in [0.2, 0.25) is 0 Å². The van der Waals surface area contributed by atoms with Gasteiger partial charge in [0.05, 0.1) is 23.9 Å². The van der Waals surface area contributed by atoms with Crippen LogP contribution >= 0.6 is 0 Å². The predicted octanol–water partition coefficient (Wildman–Crippen LogP) is 6.69. The molecule has 0 unspecified atom stereocenters. The number of aromatic nitrogens is 1. The molecule has 0 saturated carbocycles. The molecule has 3 rings (SSSR count). The van der Waals surface area contributed by atoms with Crippen LogP contribution in [0, 0.1) is 12.7 Å². The minimum atomic E-state index is -4.85. The fourth-order valence-corrected chi connectivity index (χ4v) is 3.65. The number of alkyl halides is 3. The maximum atomic E-state index is 13.9. The molecule has 0 aliphatic heterocycles. The van der Waals surface area contributed by atoms with Gasteiger partial charge in [-0.25, -0.2) is 9.18 Å². The molecule has 0 fully saturated rings. The molecule has 0 atom stereocenters. The molecule has 7 heteroatoms. The summed E-state index contributed by atoms with van der Waals surface area (Å²) in [4.78, 5) is 12.3. The van der Waals surface area contributed by atoms with Gasteiger partial charge in [-0.2, -0.15) is 13.2 Å². The van der Waals surface area contributed by atoms with Crippen molar-refractivity contribution in [3.8, 4) is 16.9 Å². The SMILES string of the molecule is COC(=O)c1cc(-c2ccc(F)c(C(F)(F)F)c2)n(-c2ccccc2C(C)(C)C)c1C. The molecule has 0 amide bonds. The first-order valence-electron chi connectivity index (χ1n) is 9.64. The average Bonchev–Trinajstić information content (AvgIpc) is 3.03. The zero-order valence-electron chi connectivity index (χ0n) is 17.9. The Morgan fingerprint density at radius 2 is 1.61 bits per heavy atom. The molecule has 1 aromatic heterocycles. The third kappa shape index (κ3) is 4.22. The molecule has 0 radical (unpaired) electrons. The molecular formula is C24H23F4NO2. The van der Waals surface area contributed by atoms with Gasteiger partial charge in [0.15, 0.2) is 0 Å². The highest BCUT2D eigenvalue weighted by Gasteiger charge is 2.35. The first kappa shape index (κ1) is 22.6. The van der Waals surface area contributed by atoms with Crippen LogP contribution in [0.4, 0.5) is 17.6 Å². The van der Waals surface area contributed by atoms with E-state index in [-0.39, 0.29) is 16.5 Å². The monoisotopic (exact) mass is 433 g/mol. The van der Waals surface area contributed by atoms with Crippen molar-refractivity contribution in [1.82, 2.24) is 4.57 Å². The Hall–Kier alpha value is -3.09. The van der Waals surface area contributed by atoms with E-state index in [2.05, 4.69) is 0 Å². The van der Waals surface area contributed by atoms with E-state index in [4.69, 9.17) is 4.74 Å². The zero-order chi connectivity index (χ0) is 23.1. The molecular weight excluding hydrogens is 410 g/mol. The molecule has 1 heterocycles. The summed E-state index contributed by atoms with van der Waals surface area (Å²) in [5, 5.41) is 0. The second-order valence-corrected chi connectivity index (χ2v) is 8.32. The van der Waals surface area contributed by atoms with Gasteiger partial charge in [0.1, 0.15) is 5.82 Å². The molecule has 2 aromatic carbocycles. The standard InChI is InChI=1S/C24H23F4NO2/c1-14-16(22(30)31-5)13-21(15-10-11-19(25)18(12-15)24(26,27)28)29(14)20-9-7-6-8-17(20)23(2,3)4/h6-13H,1-5H3. The summed E-state index contributed by atoms with van der Waals surface area (Å²) in [7, 11) is 1.24. The minimum Gasteiger partial charge on any atom is -0.465 e. The van der Waals surface area contributed by atoms with Gasteiger partial charge in [0.25, 0.3) is 0 Å². The number of halogens is 4. The number of nitrogens with zero attached hydrogens (tertiary/aromatic N) is 1. The van der Waals surface area contributed by atoms with Crippen molar-refractivity contribution >= 4 is 5.97 Å². The topological polar surface area (TPSA) is 31.2 Å². The van der Waals surface area contributed by atoms with Gasteiger partial charge in [-0.15, -0.1) is 0 Å². The Labute approximate surface area is 178 Å². The van der Waals surface area contributed by atoms with Crippen molar-refractivity contribution in [3.63, 3.8) is 0 Å². The third-order valence-electron chi connectivity index (χ3n) is 5.17. The van der Waals surface area contributed by atoms with Crippen LogP contribution in [0.3, 0.4) is 0 Å². The molecule has 0 bridgehead atoms. The number of carbonyl (C=O) groups is 1. The van der Waals surface area contributed by atoms with Gasteiger partial charge in [-0.3, -0.25) is 0 Å². The fourth-order valence-electron chi connectivity index (χ4n) is 3.65. The second-order valence-electron chi connectivity index (χ2n) is 8.32. The summed E-state index contributed by atoms with van der Waals surface area (Å²) < 4.78 is 60.5. The van der Waals surface area contributed by atoms with Crippen molar-refractivity contribution in [2.75, 3.05) is 7.11 Å². The van der Waals surface area contributed by atoms with Gasteiger partial charge in [-0.1, -0.05) is 39.0 Å². The highest BCUT2D eigenvalue weighted by Crippen LogP contribution is 2.38. The Bertz CT molecular complexity index is 1140. The lowest BCUT2D eigenvalue weighted by atomic mass is 9.85. The molecule has 0 saturated heterocycles. The fraction of sp³-hybridized carbons (Fsp3) is 0.292. The van der Waals surface area contributed by atoms with E-state index in [0.717, 1.165) is 23.4 Å². The van der Waals surface area contributed by atoms with E-state index >= 15 is 0 Å². The van der Waals surface area contributed by atoms with E-state index in [1.54, 1.807) is 11.5 Å². The van der Waals surface area contributed by atoms with E-state index in [0.29, 0.717) is 11.4 Å². The number of ether oxygens (including phenoxy) is 1. The molecule has 31 heavy (non-hydrogen) atoms. The van der Waals surface area contributed by atoms with Crippen LogP contribution in [0.15, 0.2) is 48.5 Å². The smallest absolute Gasteiger partial charge is 0.419 e. The summed E-state index contributed by atoms with van der Waals surface area (Å²) in [5.74, 6) is -1.96. The molecule has 3 aromatic rings. The van der Waals surface area contributed by atoms with E-state index in [9.17, 15) is 22.4 Å². The van der Waals surface area contributed by atoms with Crippen LogP contribution in [-0.2, 0) is 16.3 Å². The van der Waals surface area contributed by atoms with E-state index < -0.39 is 23.5 Å². The molecule has 164 valence electrons. The van der Waals surface area contributed by atoms with Crippen molar-refractivity contribution in [2.24, 2.45) is 0 Å². The summed E-state index contributed by atoms with van der Waals surface area (Å²) in [5.41, 5.74) is 1.21. The van der Waals surface area contributed by atoms with Gasteiger partial charge < -0.3 is 9.30 Å². The van der Waals surface area contributed by atoms with Gasteiger partial charge in [-0.05, 0) is 53.8 Å². The molecule has 0 spiro atoms. The number of rotatable bonds is 3. The summed E-state index contributed by atoms with van der Waals surface area (Å²) >= 11 is 0. The maximum absolute atomic E-state index is 13.9. The number of hydrogen-bond acceptors (Lipinski definition) is 2. The quantitative estimate of drug-likeness (QED) is 0.340. The number of hydrogen-bond donors (Lipinski definition) is 0. The lowest BCUT2D eigenvalue weighted by Crippen LogP contribution is -2.16. The largest absolute Gasteiger partial charge is 0.465 e. The number of para-hydroxylation sites is 1. The van der Waals surface area contributed by atoms with Crippen molar-refractivity contribution in [2.45, 2.75) is 39.3 Å². The van der Waals surface area contributed by atoms with Crippen LogP contribution in [0.25, 0.3) is 16.9 Å². The Balaban J connectivity index is 2.38.